The van der Waals surface area contributed by atoms with E-state index in [9.17, 15) is 13.2 Å². The molecular formula is C20H27N5O3S. The van der Waals surface area contributed by atoms with Gasteiger partial charge in [-0.15, -0.1) is 0 Å². The van der Waals surface area contributed by atoms with Gasteiger partial charge in [0.25, 0.3) is 0 Å². The first-order valence-corrected chi connectivity index (χ1v) is 11.9. The average molecular weight is 418 g/mol. The molecule has 0 bridgehead atoms. The number of nitrogens with zero attached hydrogens (tertiary/aromatic N) is 5. The monoisotopic (exact) mass is 417 g/mol. The summed E-state index contributed by atoms with van der Waals surface area (Å²) in [5.74, 6) is 1.26. The van der Waals surface area contributed by atoms with Crippen molar-refractivity contribution in [3.05, 3.63) is 29.8 Å². The van der Waals surface area contributed by atoms with Crippen molar-refractivity contribution in [1.29, 1.82) is 0 Å². The summed E-state index contributed by atoms with van der Waals surface area (Å²) in [5.41, 5.74) is 1.66. The first-order chi connectivity index (χ1) is 13.8. The molecule has 2 aliphatic rings. The van der Waals surface area contributed by atoms with Gasteiger partial charge >= 0.3 is 0 Å². The van der Waals surface area contributed by atoms with E-state index in [1.165, 1.54) is 0 Å². The quantitative estimate of drug-likeness (QED) is 0.736. The maximum atomic E-state index is 12.9. The summed E-state index contributed by atoms with van der Waals surface area (Å²) in [6, 6.07) is 3.82. The smallest absolute Gasteiger partial charge is 0.236 e. The molecule has 2 aromatic heterocycles. The number of aromatic nitrogens is 3. The maximum absolute atomic E-state index is 12.9. The molecule has 0 N–H and O–H groups in total. The molecule has 0 radical (unpaired) electrons. The second-order valence-electron chi connectivity index (χ2n) is 8.18. The van der Waals surface area contributed by atoms with Crippen molar-refractivity contribution in [3.8, 4) is 0 Å². The van der Waals surface area contributed by atoms with E-state index in [0.29, 0.717) is 24.4 Å². The summed E-state index contributed by atoms with van der Waals surface area (Å²) in [5, 5.41) is 0.950. The number of rotatable bonds is 4. The lowest BCUT2D eigenvalue weighted by atomic mass is 9.92. The predicted molar refractivity (Wildman–Crippen MR) is 110 cm³/mol. The van der Waals surface area contributed by atoms with Gasteiger partial charge in [-0.25, -0.2) is 23.4 Å². The number of likely N-dealkylation sites (tertiary alicyclic amines) is 1. The summed E-state index contributed by atoms with van der Waals surface area (Å²) in [7, 11) is -1.11. The fourth-order valence-electron chi connectivity index (χ4n) is 4.40. The largest absolute Gasteiger partial charge is 0.341 e. The van der Waals surface area contributed by atoms with Crippen molar-refractivity contribution >= 4 is 26.8 Å². The number of carbonyl (C=O) groups excluding carboxylic acids is 1. The molecule has 2 atom stereocenters. The van der Waals surface area contributed by atoms with E-state index in [-0.39, 0.29) is 35.9 Å². The van der Waals surface area contributed by atoms with E-state index in [2.05, 4.69) is 9.97 Å². The van der Waals surface area contributed by atoms with Crippen LogP contribution in [0.2, 0.25) is 0 Å². The highest BCUT2D eigenvalue weighted by Gasteiger charge is 2.33. The Balaban J connectivity index is 1.47. The molecule has 9 heteroatoms. The second kappa shape index (κ2) is 7.95. The third-order valence-corrected chi connectivity index (χ3v) is 7.74. The number of likely N-dealkylation sites (N-methyl/N-ethyl adjacent to an activating group) is 1. The lowest BCUT2D eigenvalue weighted by molar-refractivity contribution is -0.133. The highest BCUT2D eigenvalue weighted by Crippen LogP contribution is 2.30. The third-order valence-electron chi connectivity index (χ3n) is 5.99. The first kappa shape index (κ1) is 20.2. The Morgan fingerprint density at radius 1 is 1.31 bits per heavy atom. The van der Waals surface area contributed by atoms with Crippen LogP contribution in [0.3, 0.4) is 0 Å². The third kappa shape index (κ3) is 4.40. The van der Waals surface area contributed by atoms with Crippen LogP contribution in [0.4, 0.5) is 0 Å². The fraction of sp³-hybridized carbons (Fsp3) is 0.600. The van der Waals surface area contributed by atoms with Crippen molar-refractivity contribution in [2.24, 2.45) is 0 Å². The molecule has 2 aromatic rings. The first-order valence-electron chi connectivity index (χ1n) is 10.1. The summed E-state index contributed by atoms with van der Waals surface area (Å²) < 4.78 is 23.5. The van der Waals surface area contributed by atoms with E-state index >= 15 is 0 Å². The Labute approximate surface area is 171 Å². The molecule has 8 nitrogen and oxygen atoms in total. The number of amides is 1. The lowest BCUT2D eigenvalue weighted by Crippen LogP contribution is -2.46. The Morgan fingerprint density at radius 3 is 2.90 bits per heavy atom. The minimum atomic E-state index is -2.96. The summed E-state index contributed by atoms with van der Waals surface area (Å²) in [4.78, 5) is 30.2. The summed E-state index contributed by atoms with van der Waals surface area (Å²) >= 11 is 0. The number of piperidine rings is 1. The standard InChI is InChI=1S/C20H27N5O3S/c1-14-22-19(17-6-3-8-21-20(17)23-14)15-5-4-9-25(11-15)18(26)12-24(2)16-7-10-29(27,28)13-16/h3,6,8,15-16H,4-5,7,9-13H2,1-2H3. The van der Waals surface area contributed by atoms with E-state index in [1.807, 2.05) is 35.9 Å². The number of pyridine rings is 1. The van der Waals surface area contributed by atoms with Crippen LogP contribution in [-0.4, -0.2) is 83.3 Å². The van der Waals surface area contributed by atoms with Gasteiger partial charge in [-0.1, -0.05) is 0 Å². The molecule has 29 heavy (non-hydrogen) atoms. The number of sulfone groups is 1. The number of fused-ring (bicyclic) bond motifs is 1. The zero-order valence-corrected chi connectivity index (χ0v) is 17.7. The molecule has 156 valence electrons. The molecule has 2 saturated heterocycles. The maximum Gasteiger partial charge on any atom is 0.236 e. The highest BCUT2D eigenvalue weighted by molar-refractivity contribution is 7.91. The van der Waals surface area contributed by atoms with Crippen molar-refractivity contribution in [2.75, 3.05) is 38.2 Å². The van der Waals surface area contributed by atoms with E-state index < -0.39 is 9.84 Å². The molecule has 0 saturated carbocycles. The molecule has 0 aromatic carbocycles. The zero-order valence-electron chi connectivity index (χ0n) is 16.9. The van der Waals surface area contributed by atoms with Crippen LogP contribution in [0, 0.1) is 6.92 Å². The summed E-state index contributed by atoms with van der Waals surface area (Å²) in [6.45, 7) is 3.47. The fourth-order valence-corrected chi connectivity index (χ4v) is 6.21. The van der Waals surface area contributed by atoms with Crippen molar-refractivity contribution in [3.63, 3.8) is 0 Å². The average Bonchev–Trinajstić information content (AvgIpc) is 3.07. The van der Waals surface area contributed by atoms with Crippen LogP contribution in [-0.2, 0) is 14.6 Å². The lowest BCUT2D eigenvalue weighted by Gasteiger charge is -2.34. The Morgan fingerprint density at radius 2 is 2.14 bits per heavy atom. The van der Waals surface area contributed by atoms with Crippen molar-refractivity contribution in [1.82, 2.24) is 24.8 Å². The zero-order chi connectivity index (χ0) is 20.6. The molecular weight excluding hydrogens is 390 g/mol. The Bertz CT molecular complexity index is 1030. The summed E-state index contributed by atoms with van der Waals surface area (Å²) in [6.07, 6.45) is 4.23. The van der Waals surface area contributed by atoms with Gasteiger partial charge in [0, 0.05) is 36.6 Å². The predicted octanol–water partition coefficient (Wildman–Crippen LogP) is 1.16. The number of hydrogen-bond acceptors (Lipinski definition) is 7. The van der Waals surface area contributed by atoms with Gasteiger partial charge in [-0.2, -0.15) is 0 Å². The molecule has 2 unspecified atom stereocenters. The van der Waals surface area contributed by atoms with Crippen LogP contribution in [0.5, 0.6) is 0 Å². The normalized spacial score (nSPS) is 24.3. The van der Waals surface area contributed by atoms with Crippen molar-refractivity contribution in [2.45, 2.75) is 38.1 Å². The van der Waals surface area contributed by atoms with Gasteiger partial charge in [-0.3, -0.25) is 9.69 Å². The highest BCUT2D eigenvalue weighted by atomic mass is 32.2. The number of carbonyl (C=O) groups is 1. The molecule has 1 amide bonds. The van der Waals surface area contributed by atoms with Gasteiger partial charge in [0.05, 0.1) is 23.7 Å². The van der Waals surface area contributed by atoms with Crippen LogP contribution in [0.15, 0.2) is 18.3 Å². The second-order valence-corrected chi connectivity index (χ2v) is 10.4. The van der Waals surface area contributed by atoms with Gasteiger partial charge in [0.2, 0.25) is 5.91 Å². The van der Waals surface area contributed by atoms with E-state index in [4.69, 9.17) is 4.98 Å². The van der Waals surface area contributed by atoms with Gasteiger partial charge in [-0.05, 0) is 45.4 Å². The van der Waals surface area contributed by atoms with Crippen molar-refractivity contribution < 1.29 is 13.2 Å². The molecule has 0 spiro atoms. The SMILES string of the molecule is Cc1nc(C2CCCN(C(=O)CN(C)C3CCS(=O)(=O)C3)C2)c2cccnc2n1. The van der Waals surface area contributed by atoms with Gasteiger partial charge in [0.1, 0.15) is 5.82 Å². The van der Waals surface area contributed by atoms with Crippen LogP contribution in [0.25, 0.3) is 11.0 Å². The van der Waals surface area contributed by atoms with Gasteiger partial charge in [0.15, 0.2) is 15.5 Å². The Kier molecular flexibility index (Phi) is 5.52. The Hall–Kier alpha value is -2.13. The van der Waals surface area contributed by atoms with Crippen LogP contribution < -0.4 is 0 Å². The van der Waals surface area contributed by atoms with E-state index in [0.717, 1.165) is 30.5 Å². The minimum Gasteiger partial charge on any atom is -0.341 e. The molecule has 4 heterocycles. The minimum absolute atomic E-state index is 0.0507. The number of hydrogen-bond donors (Lipinski definition) is 0. The topological polar surface area (TPSA) is 96.4 Å². The molecule has 4 rings (SSSR count). The van der Waals surface area contributed by atoms with E-state index in [1.54, 1.807) is 6.20 Å². The van der Waals surface area contributed by atoms with Crippen LogP contribution >= 0.6 is 0 Å². The number of aryl methyl sites for hydroxylation is 1. The molecule has 2 aliphatic heterocycles. The van der Waals surface area contributed by atoms with Crippen LogP contribution in [0.1, 0.15) is 36.7 Å². The van der Waals surface area contributed by atoms with Gasteiger partial charge < -0.3 is 4.90 Å². The molecule has 0 aliphatic carbocycles. The molecule has 2 fully saturated rings.